The van der Waals surface area contributed by atoms with Gasteiger partial charge in [0.2, 0.25) is 0 Å². The van der Waals surface area contributed by atoms with Gasteiger partial charge in [0, 0.05) is 23.2 Å². The van der Waals surface area contributed by atoms with Crippen LogP contribution >= 0.6 is 15.9 Å². The maximum Gasteiger partial charge on any atom is 0.123 e. The second-order valence-corrected chi connectivity index (χ2v) is 4.69. The molecule has 0 saturated carbocycles. The monoisotopic (exact) mass is 294 g/mol. The Labute approximate surface area is 109 Å². The van der Waals surface area contributed by atoms with Crippen LogP contribution in [0.1, 0.15) is 5.76 Å². The molecule has 0 saturated heterocycles. The largest absolute Gasteiger partial charge is 0.467 e. The number of hydrogen-bond acceptors (Lipinski definition) is 3. The van der Waals surface area contributed by atoms with Crippen LogP contribution in [0.3, 0.4) is 0 Å². The summed E-state index contributed by atoms with van der Waals surface area (Å²) >= 11 is 3.48. The number of halogens is 1. The zero-order valence-electron chi connectivity index (χ0n) is 9.47. The molecule has 90 valence electrons. The van der Waals surface area contributed by atoms with Gasteiger partial charge in [-0.1, -0.05) is 22.0 Å². The number of benzene rings is 1. The summed E-state index contributed by atoms with van der Waals surface area (Å²) in [6.45, 7) is 2.16. The topological polar surface area (TPSA) is 42.4 Å². The van der Waals surface area contributed by atoms with Gasteiger partial charge in [0.1, 0.15) is 5.76 Å². The minimum atomic E-state index is 0.618. The molecule has 0 spiro atoms. The number of nitrogens with two attached hydrogens (primary N) is 1. The lowest BCUT2D eigenvalue weighted by molar-refractivity contribution is 0.502. The molecule has 0 aliphatic rings. The maximum atomic E-state index is 5.65. The molecule has 17 heavy (non-hydrogen) atoms. The molecule has 0 radical (unpaired) electrons. The highest BCUT2D eigenvalue weighted by Gasteiger charge is 2.08. The summed E-state index contributed by atoms with van der Waals surface area (Å²) < 4.78 is 6.43. The maximum absolute atomic E-state index is 5.65. The smallest absolute Gasteiger partial charge is 0.123 e. The van der Waals surface area contributed by atoms with Gasteiger partial charge in [0.25, 0.3) is 0 Å². The summed E-state index contributed by atoms with van der Waals surface area (Å²) in [5, 5.41) is 0. The van der Waals surface area contributed by atoms with Crippen LogP contribution < -0.4 is 10.6 Å². The Morgan fingerprint density at radius 2 is 2.12 bits per heavy atom. The summed E-state index contributed by atoms with van der Waals surface area (Å²) in [6.07, 6.45) is 1.69. The lowest BCUT2D eigenvalue weighted by Gasteiger charge is -2.23. The van der Waals surface area contributed by atoms with Gasteiger partial charge in [-0.15, -0.1) is 0 Å². The van der Waals surface area contributed by atoms with E-state index in [2.05, 4.69) is 33.0 Å². The van der Waals surface area contributed by atoms with Crippen molar-refractivity contribution < 1.29 is 4.42 Å². The van der Waals surface area contributed by atoms with Crippen LogP contribution in [0.2, 0.25) is 0 Å². The Kier molecular flexibility index (Phi) is 4.23. The third-order valence-electron chi connectivity index (χ3n) is 2.50. The Morgan fingerprint density at radius 1 is 1.24 bits per heavy atom. The molecule has 2 N–H and O–H groups in total. The number of rotatable bonds is 5. The third kappa shape index (κ3) is 3.35. The average molecular weight is 295 g/mol. The molecule has 0 aliphatic heterocycles. The van der Waals surface area contributed by atoms with Crippen LogP contribution in [0.4, 0.5) is 5.69 Å². The Balaban J connectivity index is 2.16. The van der Waals surface area contributed by atoms with Gasteiger partial charge in [-0.25, -0.2) is 0 Å². The van der Waals surface area contributed by atoms with Crippen molar-refractivity contribution in [2.75, 3.05) is 18.0 Å². The molecule has 1 heterocycles. The van der Waals surface area contributed by atoms with Crippen LogP contribution in [0.5, 0.6) is 0 Å². The second kappa shape index (κ2) is 5.89. The number of furan rings is 1. The van der Waals surface area contributed by atoms with Crippen molar-refractivity contribution in [3.63, 3.8) is 0 Å². The molecule has 2 rings (SSSR count). The molecular weight excluding hydrogens is 280 g/mol. The Bertz CT molecular complexity index is 456. The molecule has 4 heteroatoms. The number of anilines is 1. The highest BCUT2D eigenvalue weighted by atomic mass is 79.9. The fraction of sp³-hybridized carbons (Fsp3) is 0.231. The summed E-state index contributed by atoms with van der Waals surface area (Å²) in [5.41, 5.74) is 6.79. The summed E-state index contributed by atoms with van der Waals surface area (Å²) in [5.74, 6) is 0.943. The van der Waals surface area contributed by atoms with E-state index in [0.29, 0.717) is 6.54 Å². The van der Waals surface area contributed by atoms with Crippen LogP contribution in [0.25, 0.3) is 0 Å². The molecule has 0 fully saturated rings. The second-order valence-electron chi connectivity index (χ2n) is 3.77. The fourth-order valence-electron chi connectivity index (χ4n) is 1.72. The summed E-state index contributed by atoms with van der Waals surface area (Å²) in [4.78, 5) is 2.20. The minimum Gasteiger partial charge on any atom is -0.467 e. The fourth-order valence-corrected chi connectivity index (χ4v) is 2.11. The van der Waals surface area contributed by atoms with Gasteiger partial charge in [-0.3, -0.25) is 0 Å². The molecular formula is C13H15BrN2O. The first kappa shape index (κ1) is 12.2. The van der Waals surface area contributed by atoms with Crippen LogP contribution in [0, 0.1) is 0 Å². The van der Waals surface area contributed by atoms with Crippen molar-refractivity contribution in [2.24, 2.45) is 5.73 Å². The first-order valence-electron chi connectivity index (χ1n) is 5.52. The van der Waals surface area contributed by atoms with Gasteiger partial charge in [0.15, 0.2) is 0 Å². The summed E-state index contributed by atoms with van der Waals surface area (Å²) in [7, 11) is 0. The molecule has 0 bridgehead atoms. The molecule has 2 aromatic rings. The van der Waals surface area contributed by atoms with Crippen LogP contribution in [0.15, 0.2) is 51.6 Å². The Morgan fingerprint density at radius 3 is 2.76 bits per heavy atom. The van der Waals surface area contributed by atoms with Crippen molar-refractivity contribution in [1.82, 2.24) is 0 Å². The number of nitrogens with zero attached hydrogens (tertiary/aromatic N) is 1. The van der Waals surface area contributed by atoms with E-state index in [9.17, 15) is 0 Å². The zero-order chi connectivity index (χ0) is 12.1. The molecule has 0 amide bonds. The van der Waals surface area contributed by atoms with Crippen molar-refractivity contribution in [2.45, 2.75) is 6.54 Å². The summed E-state index contributed by atoms with van der Waals surface area (Å²) in [6, 6.07) is 12.1. The van der Waals surface area contributed by atoms with Crippen LogP contribution in [-0.2, 0) is 6.54 Å². The predicted molar refractivity (Wildman–Crippen MR) is 73.0 cm³/mol. The molecule has 0 atom stereocenters. The van der Waals surface area contributed by atoms with E-state index in [-0.39, 0.29) is 0 Å². The molecule has 3 nitrogen and oxygen atoms in total. The van der Waals surface area contributed by atoms with E-state index in [4.69, 9.17) is 10.2 Å². The van der Waals surface area contributed by atoms with E-state index in [1.54, 1.807) is 6.26 Å². The van der Waals surface area contributed by atoms with E-state index < -0.39 is 0 Å². The van der Waals surface area contributed by atoms with Gasteiger partial charge in [-0.2, -0.15) is 0 Å². The highest BCUT2D eigenvalue weighted by Crippen LogP contribution is 2.21. The normalized spacial score (nSPS) is 10.5. The first-order valence-corrected chi connectivity index (χ1v) is 6.32. The van der Waals surface area contributed by atoms with E-state index in [1.165, 1.54) is 0 Å². The standard InChI is InChI=1S/C13H15BrN2O/c14-11-3-1-4-12(9-11)16(7-6-15)10-13-5-2-8-17-13/h1-5,8-9H,6-7,10,15H2. The highest BCUT2D eigenvalue weighted by molar-refractivity contribution is 9.10. The molecule has 1 aromatic carbocycles. The first-order chi connectivity index (χ1) is 8.29. The van der Waals surface area contributed by atoms with Gasteiger partial charge >= 0.3 is 0 Å². The molecule has 1 aromatic heterocycles. The lowest BCUT2D eigenvalue weighted by atomic mass is 10.2. The van der Waals surface area contributed by atoms with Crippen LogP contribution in [-0.4, -0.2) is 13.1 Å². The molecule has 0 unspecified atom stereocenters. The quantitative estimate of drug-likeness (QED) is 0.922. The number of hydrogen-bond donors (Lipinski definition) is 1. The minimum absolute atomic E-state index is 0.618. The molecule has 0 aliphatic carbocycles. The van der Waals surface area contributed by atoms with E-state index in [0.717, 1.165) is 29.0 Å². The van der Waals surface area contributed by atoms with E-state index in [1.807, 2.05) is 24.3 Å². The van der Waals surface area contributed by atoms with Crippen molar-refractivity contribution in [3.8, 4) is 0 Å². The van der Waals surface area contributed by atoms with E-state index >= 15 is 0 Å². The van der Waals surface area contributed by atoms with Crippen molar-refractivity contribution >= 4 is 21.6 Å². The van der Waals surface area contributed by atoms with Crippen molar-refractivity contribution in [1.29, 1.82) is 0 Å². The Hall–Kier alpha value is -1.26. The lowest BCUT2D eigenvalue weighted by Crippen LogP contribution is -2.28. The van der Waals surface area contributed by atoms with Gasteiger partial charge in [-0.05, 0) is 30.3 Å². The van der Waals surface area contributed by atoms with Crippen molar-refractivity contribution in [3.05, 3.63) is 52.9 Å². The zero-order valence-corrected chi connectivity index (χ0v) is 11.1. The van der Waals surface area contributed by atoms with Gasteiger partial charge in [0.05, 0.1) is 12.8 Å². The van der Waals surface area contributed by atoms with Gasteiger partial charge < -0.3 is 15.1 Å². The third-order valence-corrected chi connectivity index (χ3v) is 2.99. The average Bonchev–Trinajstić information content (AvgIpc) is 2.81. The predicted octanol–water partition coefficient (Wildman–Crippen LogP) is 3.01. The SMILES string of the molecule is NCCN(Cc1ccco1)c1cccc(Br)c1.